The smallest absolute Gasteiger partial charge is 0.213 e. The molecule has 1 heterocycles. The highest BCUT2D eigenvalue weighted by molar-refractivity contribution is 14.1. The van der Waals surface area contributed by atoms with Crippen LogP contribution in [0.3, 0.4) is 0 Å². The molecular weight excluding hydrogens is 303 g/mol. The third-order valence-corrected chi connectivity index (χ3v) is 2.77. The molecule has 0 aliphatic rings. The second-order valence-electron chi connectivity index (χ2n) is 3.21. The minimum absolute atomic E-state index is 0.0352. The monoisotopic (exact) mass is 312 g/mol. The Kier molecular flexibility index (Phi) is 2.86. The van der Waals surface area contributed by atoms with Gasteiger partial charge in [0.15, 0.2) is 0 Å². The Morgan fingerprint density at radius 2 is 1.93 bits per heavy atom. The molecule has 0 bridgehead atoms. The van der Waals surface area contributed by atoms with Gasteiger partial charge in [-0.1, -0.05) is 0 Å². The number of nitrogens with zero attached hydrogens (tertiary/aromatic N) is 2. The van der Waals surface area contributed by atoms with Crippen LogP contribution in [0.5, 0.6) is 0 Å². The van der Waals surface area contributed by atoms with Crippen LogP contribution in [-0.2, 0) is 7.05 Å². The van der Waals surface area contributed by atoms with E-state index in [-0.39, 0.29) is 5.78 Å². The maximum absolute atomic E-state index is 11.9. The molecule has 3 nitrogen and oxygen atoms in total. The Balaban J connectivity index is 2.32. The molecule has 76 valence electrons. The molecule has 2 aromatic rings. The zero-order valence-corrected chi connectivity index (χ0v) is 10.3. The lowest BCUT2D eigenvalue weighted by Gasteiger charge is -1.97. The van der Waals surface area contributed by atoms with Gasteiger partial charge in [-0.3, -0.25) is 9.48 Å². The van der Waals surface area contributed by atoms with Gasteiger partial charge in [0, 0.05) is 22.4 Å². The molecule has 15 heavy (non-hydrogen) atoms. The third-order valence-electron chi connectivity index (χ3n) is 2.05. The molecule has 1 aromatic carbocycles. The van der Waals surface area contributed by atoms with Crippen LogP contribution in [0.4, 0.5) is 0 Å². The average molecular weight is 312 g/mol. The summed E-state index contributed by atoms with van der Waals surface area (Å²) in [6, 6.07) is 9.19. The van der Waals surface area contributed by atoms with Crippen LogP contribution in [0.2, 0.25) is 0 Å². The minimum Gasteiger partial charge on any atom is -0.287 e. The Morgan fingerprint density at radius 1 is 1.27 bits per heavy atom. The Morgan fingerprint density at radius 3 is 2.47 bits per heavy atom. The standard InChI is InChI=1S/C11H9IN2O/c1-14-7-6-10(13-14)11(15)8-2-4-9(12)5-3-8/h2-7H,1H3. The van der Waals surface area contributed by atoms with Gasteiger partial charge in [-0.2, -0.15) is 5.10 Å². The van der Waals surface area contributed by atoms with Crippen molar-refractivity contribution in [3.05, 3.63) is 51.4 Å². The van der Waals surface area contributed by atoms with Gasteiger partial charge in [0.1, 0.15) is 5.69 Å². The summed E-state index contributed by atoms with van der Waals surface area (Å²) in [5.41, 5.74) is 1.16. The Labute approximate surface area is 101 Å². The van der Waals surface area contributed by atoms with Gasteiger partial charge in [0.05, 0.1) is 0 Å². The molecule has 1 aromatic heterocycles. The van der Waals surface area contributed by atoms with Crippen LogP contribution in [0.25, 0.3) is 0 Å². The highest BCUT2D eigenvalue weighted by Gasteiger charge is 2.10. The molecule has 0 aliphatic heterocycles. The predicted octanol–water partition coefficient (Wildman–Crippen LogP) is 2.26. The molecule has 0 amide bonds. The van der Waals surface area contributed by atoms with Gasteiger partial charge in [0.25, 0.3) is 0 Å². The highest BCUT2D eigenvalue weighted by atomic mass is 127. The quantitative estimate of drug-likeness (QED) is 0.630. The van der Waals surface area contributed by atoms with Crippen molar-refractivity contribution in [2.45, 2.75) is 0 Å². The molecule has 0 atom stereocenters. The van der Waals surface area contributed by atoms with E-state index in [4.69, 9.17) is 0 Å². The number of benzene rings is 1. The van der Waals surface area contributed by atoms with Crippen LogP contribution in [-0.4, -0.2) is 15.6 Å². The number of hydrogen-bond acceptors (Lipinski definition) is 2. The number of carbonyl (C=O) groups excluding carboxylic acids is 1. The van der Waals surface area contributed by atoms with Crippen LogP contribution >= 0.6 is 22.6 Å². The van der Waals surface area contributed by atoms with Gasteiger partial charge >= 0.3 is 0 Å². The van der Waals surface area contributed by atoms with Crippen molar-refractivity contribution in [3.63, 3.8) is 0 Å². The van der Waals surface area contributed by atoms with E-state index in [9.17, 15) is 4.79 Å². The number of ketones is 1. The molecule has 0 saturated carbocycles. The topological polar surface area (TPSA) is 34.9 Å². The first kappa shape index (κ1) is 10.4. The summed E-state index contributed by atoms with van der Waals surface area (Å²) in [5, 5.41) is 4.07. The van der Waals surface area contributed by atoms with E-state index in [2.05, 4.69) is 27.7 Å². The van der Waals surface area contributed by atoms with Crippen molar-refractivity contribution >= 4 is 28.4 Å². The first-order chi connectivity index (χ1) is 7.16. The second-order valence-corrected chi connectivity index (χ2v) is 4.46. The van der Waals surface area contributed by atoms with Crippen LogP contribution in [0, 0.1) is 3.57 Å². The second kappa shape index (κ2) is 4.14. The lowest BCUT2D eigenvalue weighted by molar-refractivity contribution is 0.103. The lowest BCUT2D eigenvalue weighted by Crippen LogP contribution is -2.03. The van der Waals surface area contributed by atoms with E-state index in [1.54, 1.807) is 24.0 Å². The number of hydrogen-bond donors (Lipinski definition) is 0. The number of carbonyl (C=O) groups is 1. The van der Waals surface area contributed by atoms with Crippen LogP contribution in [0.15, 0.2) is 36.5 Å². The first-order valence-corrected chi connectivity index (χ1v) is 5.54. The van der Waals surface area contributed by atoms with Gasteiger partial charge in [-0.25, -0.2) is 0 Å². The normalized spacial score (nSPS) is 10.3. The van der Waals surface area contributed by atoms with Crippen molar-refractivity contribution in [1.82, 2.24) is 9.78 Å². The minimum atomic E-state index is -0.0352. The fourth-order valence-corrected chi connectivity index (χ4v) is 1.64. The molecule has 4 heteroatoms. The van der Waals surface area contributed by atoms with Crippen molar-refractivity contribution in [1.29, 1.82) is 0 Å². The van der Waals surface area contributed by atoms with Gasteiger partial charge in [0.2, 0.25) is 5.78 Å². The molecule has 0 spiro atoms. The Hall–Kier alpha value is -1.17. The molecule has 0 radical (unpaired) electrons. The third kappa shape index (κ3) is 2.26. The zero-order valence-electron chi connectivity index (χ0n) is 8.14. The van der Waals surface area contributed by atoms with Gasteiger partial charge in [-0.05, 0) is 52.9 Å². The highest BCUT2D eigenvalue weighted by Crippen LogP contribution is 2.10. The summed E-state index contributed by atoms with van der Waals surface area (Å²) in [5.74, 6) is -0.0352. The number of rotatable bonds is 2. The lowest BCUT2D eigenvalue weighted by atomic mass is 10.1. The van der Waals surface area contributed by atoms with E-state index < -0.39 is 0 Å². The molecular formula is C11H9IN2O. The summed E-state index contributed by atoms with van der Waals surface area (Å²) < 4.78 is 2.74. The molecule has 0 unspecified atom stereocenters. The summed E-state index contributed by atoms with van der Waals surface area (Å²) >= 11 is 2.21. The van der Waals surface area contributed by atoms with Gasteiger partial charge < -0.3 is 0 Å². The number of aryl methyl sites for hydroxylation is 1. The maximum Gasteiger partial charge on any atom is 0.213 e. The largest absolute Gasteiger partial charge is 0.287 e. The van der Waals surface area contributed by atoms with Crippen LogP contribution in [0.1, 0.15) is 16.1 Å². The summed E-state index contributed by atoms with van der Waals surface area (Å²) in [6.07, 6.45) is 1.76. The van der Waals surface area contributed by atoms with Crippen molar-refractivity contribution in [2.24, 2.45) is 7.05 Å². The van der Waals surface area contributed by atoms with Crippen molar-refractivity contribution < 1.29 is 4.79 Å². The SMILES string of the molecule is Cn1ccc(C(=O)c2ccc(I)cc2)n1. The first-order valence-electron chi connectivity index (χ1n) is 4.47. The van der Waals surface area contributed by atoms with E-state index in [0.717, 1.165) is 3.57 Å². The van der Waals surface area contributed by atoms with Crippen molar-refractivity contribution in [3.8, 4) is 0 Å². The summed E-state index contributed by atoms with van der Waals surface area (Å²) in [4.78, 5) is 11.9. The molecule has 0 saturated heterocycles. The van der Waals surface area contributed by atoms with Gasteiger partial charge in [-0.15, -0.1) is 0 Å². The van der Waals surface area contributed by atoms with E-state index in [1.807, 2.05) is 24.3 Å². The predicted molar refractivity (Wildman–Crippen MR) is 65.8 cm³/mol. The molecule has 0 aliphatic carbocycles. The maximum atomic E-state index is 11.9. The fourth-order valence-electron chi connectivity index (χ4n) is 1.29. The summed E-state index contributed by atoms with van der Waals surface area (Å²) in [6.45, 7) is 0. The Bertz CT molecular complexity index is 488. The van der Waals surface area contributed by atoms with Crippen LogP contribution < -0.4 is 0 Å². The average Bonchev–Trinajstić information content (AvgIpc) is 2.65. The van der Waals surface area contributed by atoms with E-state index in [1.165, 1.54) is 0 Å². The van der Waals surface area contributed by atoms with E-state index >= 15 is 0 Å². The summed E-state index contributed by atoms with van der Waals surface area (Å²) in [7, 11) is 1.80. The van der Waals surface area contributed by atoms with E-state index in [0.29, 0.717) is 11.3 Å². The fraction of sp³-hybridized carbons (Fsp3) is 0.0909. The number of aromatic nitrogens is 2. The molecule has 0 N–H and O–H groups in total. The molecule has 0 fully saturated rings. The number of halogens is 1. The zero-order chi connectivity index (χ0) is 10.8. The molecule has 2 rings (SSSR count). The van der Waals surface area contributed by atoms with Crippen molar-refractivity contribution in [2.75, 3.05) is 0 Å².